The molecular weight excluding hydrogens is 280 g/mol. The molecule has 0 aliphatic heterocycles. The zero-order valence-corrected chi connectivity index (χ0v) is 12.6. The van der Waals surface area contributed by atoms with Crippen LogP contribution in [-0.2, 0) is 5.75 Å². The Kier molecular flexibility index (Phi) is 3.97. The average molecular weight is 296 g/mol. The van der Waals surface area contributed by atoms with Gasteiger partial charge in [-0.1, -0.05) is 30.3 Å². The van der Waals surface area contributed by atoms with Gasteiger partial charge in [-0.2, -0.15) is 0 Å². The van der Waals surface area contributed by atoms with Gasteiger partial charge in [-0.05, 0) is 30.7 Å². The number of nitrogens with zero attached hydrogens (tertiary/aromatic N) is 1. The molecule has 0 radical (unpaired) electrons. The van der Waals surface area contributed by atoms with Crippen molar-refractivity contribution in [2.75, 3.05) is 5.73 Å². The van der Waals surface area contributed by atoms with Crippen molar-refractivity contribution in [1.29, 1.82) is 0 Å². The lowest BCUT2D eigenvalue weighted by Crippen LogP contribution is -1.92. The number of oxazole rings is 1. The fourth-order valence-corrected chi connectivity index (χ4v) is 2.95. The number of nitrogen functional groups attached to an aromatic ring is 1. The maximum absolute atomic E-state index is 6.08. The maximum atomic E-state index is 6.08. The molecule has 2 N–H and O–H groups in total. The van der Waals surface area contributed by atoms with Crippen molar-refractivity contribution < 1.29 is 4.42 Å². The Morgan fingerprint density at radius 1 is 1.10 bits per heavy atom. The van der Waals surface area contributed by atoms with Crippen LogP contribution in [0.5, 0.6) is 0 Å². The minimum Gasteiger partial charge on any atom is -0.444 e. The van der Waals surface area contributed by atoms with E-state index in [4.69, 9.17) is 10.2 Å². The van der Waals surface area contributed by atoms with Gasteiger partial charge < -0.3 is 10.2 Å². The van der Waals surface area contributed by atoms with Crippen LogP contribution < -0.4 is 5.73 Å². The molecule has 3 aromatic rings. The van der Waals surface area contributed by atoms with Crippen LogP contribution in [0, 0.1) is 6.92 Å². The van der Waals surface area contributed by atoms with Crippen LogP contribution in [0.25, 0.3) is 11.5 Å². The molecule has 1 heterocycles. The van der Waals surface area contributed by atoms with Crippen LogP contribution in [0.4, 0.5) is 5.69 Å². The summed E-state index contributed by atoms with van der Waals surface area (Å²) in [5.41, 5.74) is 9.93. The topological polar surface area (TPSA) is 52.0 Å². The van der Waals surface area contributed by atoms with Crippen LogP contribution in [-0.4, -0.2) is 4.98 Å². The van der Waals surface area contributed by atoms with E-state index in [0.29, 0.717) is 5.89 Å². The highest BCUT2D eigenvalue weighted by molar-refractivity contribution is 7.98. The minimum atomic E-state index is 0.656. The molecule has 3 nitrogen and oxygen atoms in total. The van der Waals surface area contributed by atoms with Crippen molar-refractivity contribution in [3.8, 4) is 11.5 Å². The first-order valence-electron chi connectivity index (χ1n) is 6.72. The Hall–Kier alpha value is -2.20. The molecule has 0 unspecified atom stereocenters. The van der Waals surface area contributed by atoms with Crippen molar-refractivity contribution >= 4 is 17.4 Å². The third kappa shape index (κ3) is 3.11. The summed E-state index contributed by atoms with van der Waals surface area (Å²) in [7, 11) is 0. The van der Waals surface area contributed by atoms with E-state index in [9.17, 15) is 0 Å². The molecule has 3 rings (SSSR count). The Labute approximate surface area is 128 Å². The molecule has 106 valence electrons. The number of thioether (sulfide) groups is 1. The van der Waals surface area contributed by atoms with Crippen molar-refractivity contribution in [2.24, 2.45) is 0 Å². The molecule has 2 aromatic carbocycles. The Morgan fingerprint density at radius 3 is 2.71 bits per heavy atom. The first-order chi connectivity index (χ1) is 10.2. The van der Waals surface area contributed by atoms with Gasteiger partial charge in [0.15, 0.2) is 0 Å². The first-order valence-corrected chi connectivity index (χ1v) is 7.70. The summed E-state index contributed by atoms with van der Waals surface area (Å²) in [5, 5.41) is 0. The summed E-state index contributed by atoms with van der Waals surface area (Å²) in [4.78, 5) is 5.60. The number of para-hydroxylation sites is 1. The lowest BCUT2D eigenvalue weighted by molar-refractivity contribution is 0.573. The lowest BCUT2D eigenvalue weighted by atomic mass is 10.2. The van der Waals surface area contributed by atoms with E-state index < -0.39 is 0 Å². The second kappa shape index (κ2) is 6.06. The first kappa shape index (κ1) is 13.8. The maximum Gasteiger partial charge on any atom is 0.226 e. The number of nitrogens with two attached hydrogens (primary N) is 1. The van der Waals surface area contributed by atoms with Crippen LogP contribution in [0.2, 0.25) is 0 Å². The summed E-state index contributed by atoms with van der Waals surface area (Å²) in [6.45, 7) is 2.02. The molecule has 21 heavy (non-hydrogen) atoms. The smallest absolute Gasteiger partial charge is 0.226 e. The van der Waals surface area contributed by atoms with E-state index >= 15 is 0 Å². The monoisotopic (exact) mass is 296 g/mol. The minimum absolute atomic E-state index is 0.656. The third-order valence-corrected chi connectivity index (χ3v) is 4.34. The van der Waals surface area contributed by atoms with Crippen LogP contribution in [0.15, 0.2) is 64.1 Å². The number of anilines is 1. The van der Waals surface area contributed by atoms with Crippen molar-refractivity contribution in [2.45, 2.75) is 17.6 Å². The molecule has 0 bridgehead atoms. The number of hydrogen-bond donors (Lipinski definition) is 1. The molecule has 0 amide bonds. The van der Waals surface area contributed by atoms with Gasteiger partial charge in [-0.15, -0.1) is 11.8 Å². The van der Waals surface area contributed by atoms with E-state index in [1.165, 1.54) is 0 Å². The zero-order valence-electron chi connectivity index (χ0n) is 11.7. The molecule has 4 heteroatoms. The second-order valence-electron chi connectivity index (χ2n) is 4.79. The van der Waals surface area contributed by atoms with Gasteiger partial charge in [0, 0.05) is 21.9 Å². The molecule has 0 saturated carbocycles. The van der Waals surface area contributed by atoms with Crippen molar-refractivity contribution in [3.63, 3.8) is 0 Å². The Balaban J connectivity index is 1.72. The average Bonchev–Trinajstić information content (AvgIpc) is 2.99. The number of aryl methyl sites for hydroxylation is 1. The largest absolute Gasteiger partial charge is 0.444 e. The Bertz CT molecular complexity index is 738. The van der Waals surface area contributed by atoms with E-state index in [1.807, 2.05) is 55.5 Å². The van der Waals surface area contributed by atoms with Gasteiger partial charge >= 0.3 is 0 Å². The number of benzene rings is 2. The molecule has 0 atom stereocenters. The van der Waals surface area contributed by atoms with Crippen LogP contribution in [0.3, 0.4) is 0 Å². The van der Waals surface area contributed by atoms with Gasteiger partial charge in [-0.25, -0.2) is 4.98 Å². The van der Waals surface area contributed by atoms with Crippen LogP contribution >= 0.6 is 11.8 Å². The highest BCUT2D eigenvalue weighted by Gasteiger charge is 2.08. The van der Waals surface area contributed by atoms with Gasteiger partial charge in [0.05, 0.1) is 5.69 Å². The van der Waals surface area contributed by atoms with Crippen molar-refractivity contribution in [3.05, 3.63) is 66.1 Å². The van der Waals surface area contributed by atoms with E-state index in [2.05, 4.69) is 4.98 Å². The predicted octanol–water partition coefficient (Wildman–Crippen LogP) is 4.52. The molecule has 0 saturated heterocycles. The van der Waals surface area contributed by atoms with E-state index in [-0.39, 0.29) is 0 Å². The molecule has 0 fully saturated rings. The Morgan fingerprint density at radius 2 is 1.90 bits per heavy atom. The summed E-state index contributed by atoms with van der Waals surface area (Å²) in [5.74, 6) is 1.40. The summed E-state index contributed by atoms with van der Waals surface area (Å²) >= 11 is 1.68. The van der Waals surface area contributed by atoms with Gasteiger partial charge in [0.2, 0.25) is 5.89 Å². The molecule has 0 aliphatic rings. The zero-order chi connectivity index (χ0) is 14.7. The SMILES string of the molecule is Cc1cccc(SCc2coc(-c3ccccc3)n2)c1N. The highest BCUT2D eigenvalue weighted by Crippen LogP contribution is 2.30. The fourth-order valence-electron chi connectivity index (χ4n) is 2.02. The quantitative estimate of drug-likeness (QED) is 0.568. The van der Waals surface area contributed by atoms with E-state index in [0.717, 1.165) is 33.2 Å². The van der Waals surface area contributed by atoms with E-state index in [1.54, 1.807) is 18.0 Å². The van der Waals surface area contributed by atoms with Crippen molar-refractivity contribution in [1.82, 2.24) is 4.98 Å². The lowest BCUT2D eigenvalue weighted by Gasteiger charge is -2.06. The predicted molar refractivity (Wildman–Crippen MR) is 87.1 cm³/mol. The summed E-state index contributed by atoms with van der Waals surface area (Å²) in [6, 6.07) is 16.0. The van der Waals surface area contributed by atoms with Crippen LogP contribution in [0.1, 0.15) is 11.3 Å². The summed E-state index contributed by atoms with van der Waals surface area (Å²) < 4.78 is 5.54. The van der Waals surface area contributed by atoms with Gasteiger partial charge in [0.25, 0.3) is 0 Å². The molecule has 1 aromatic heterocycles. The third-order valence-electron chi connectivity index (χ3n) is 3.23. The number of aromatic nitrogens is 1. The normalized spacial score (nSPS) is 10.7. The fraction of sp³-hybridized carbons (Fsp3) is 0.118. The second-order valence-corrected chi connectivity index (χ2v) is 5.80. The van der Waals surface area contributed by atoms with Gasteiger partial charge in [-0.3, -0.25) is 0 Å². The number of hydrogen-bond acceptors (Lipinski definition) is 4. The number of rotatable bonds is 4. The standard InChI is InChI=1S/C17H16N2OS/c1-12-6-5-9-15(16(12)18)21-11-14-10-20-17(19-14)13-7-3-2-4-8-13/h2-10H,11,18H2,1H3. The molecule has 0 spiro atoms. The molecule has 0 aliphatic carbocycles. The summed E-state index contributed by atoms with van der Waals surface area (Å²) in [6.07, 6.45) is 1.71. The van der Waals surface area contributed by atoms with Gasteiger partial charge in [0.1, 0.15) is 6.26 Å². The molecular formula is C17H16N2OS. The highest BCUT2D eigenvalue weighted by atomic mass is 32.2.